The van der Waals surface area contributed by atoms with Gasteiger partial charge in [-0.3, -0.25) is 20.4 Å². The van der Waals surface area contributed by atoms with Crippen LogP contribution in [0.1, 0.15) is 33.7 Å². The summed E-state index contributed by atoms with van der Waals surface area (Å²) in [6.45, 7) is 1.11. The van der Waals surface area contributed by atoms with Crippen LogP contribution in [-0.4, -0.2) is 81.4 Å². The van der Waals surface area contributed by atoms with Gasteiger partial charge in [0, 0.05) is 30.1 Å². The number of aromatic nitrogens is 4. The number of ether oxygens (including phenoxy) is 3. The van der Waals surface area contributed by atoms with Gasteiger partial charge in [-0.25, -0.2) is 27.5 Å². The number of anilines is 1. The number of hydrogen-bond donors (Lipinski definition) is 4. The highest BCUT2D eigenvalue weighted by Gasteiger charge is 2.32. The molecule has 6 aromatic rings. The third-order valence-electron chi connectivity index (χ3n) is 8.21. The molecule has 360 valence electrons. The topological polar surface area (TPSA) is 272 Å². The summed E-state index contributed by atoms with van der Waals surface area (Å²) in [7, 11) is -3.14. The van der Waals surface area contributed by atoms with Gasteiger partial charge in [-0.1, -0.05) is 41.4 Å². The fourth-order valence-electron chi connectivity index (χ4n) is 5.32. The van der Waals surface area contributed by atoms with Crippen molar-refractivity contribution in [2.24, 2.45) is 0 Å². The minimum atomic E-state index is -4.58. The Morgan fingerprint density at radius 1 is 0.868 bits per heavy atom. The Kier molecular flexibility index (Phi) is 17.7. The molecule has 0 fully saturated rings. The molecule has 6 rings (SSSR count). The zero-order chi connectivity index (χ0) is 50.6. The minimum Gasteiger partial charge on any atom is -0.480 e. The van der Waals surface area contributed by atoms with Gasteiger partial charge in [-0.05, 0) is 73.5 Å². The fourth-order valence-corrected chi connectivity index (χ4v) is 6.93. The summed E-state index contributed by atoms with van der Waals surface area (Å²) in [5, 5.41) is 31.3. The van der Waals surface area contributed by atoms with Crippen LogP contribution in [-0.2, 0) is 27.4 Å². The number of halogens is 8. The van der Waals surface area contributed by atoms with Crippen LogP contribution in [0, 0.1) is 17.0 Å². The van der Waals surface area contributed by atoms with E-state index in [1.165, 1.54) is 32.2 Å². The quantitative estimate of drug-likeness (QED) is 0.0476. The molecular weight excluding hydrogens is 987 g/mol. The van der Waals surface area contributed by atoms with E-state index in [-0.39, 0.29) is 39.9 Å². The number of nitro benzene ring substituents is 1. The predicted molar refractivity (Wildman–Crippen MR) is 228 cm³/mol. The molecule has 0 spiro atoms. The Hall–Kier alpha value is -7.58. The average Bonchev–Trinajstić information content (AvgIpc) is 3.25. The molecule has 0 radical (unpaired) electrons. The van der Waals surface area contributed by atoms with Crippen LogP contribution in [0.3, 0.4) is 0 Å². The maximum Gasteiger partial charge on any atom is 0.416 e. The third-order valence-corrected chi connectivity index (χ3v) is 10.3. The number of rotatable bonds is 13. The zero-order valence-electron chi connectivity index (χ0n) is 34.4. The van der Waals surface area contributed by atoms with Crippen molar-refractivity contribution in [1.82, 2.24) is 24.7 Å². The van der Waals surface area contributed by atoms with Crippen LogP contribution in [0.2, 0.25) is 10.0 Å². The van der Waals surface area contributed by atoms with Crippen LogP contribution in [0.5, 0.6) is 23.3 Å². The molecule has 0 aliphatic carbocycles. The smallest absolute Gasteiger partial charge is 0.416 e. The lowest BCUT2D eigenvalue weighted by Gasteiger charge is -2.13. The van der Waals surface area contributed by atoms with E-state index in [0.29, 0.717) is 22.4 Å². The van der Waals surface area contributed by atoms with Crippen LogP contribution in [0.15, 0.2) is 96.0 Å². The highest BCUT2D eigenvalue weighted by atomic mass is 35.5. The Morgan fingerprint density at radius 3 is 2.18 bits per heavy atom. The van der Waals surface area contributed by atoms with Gasteiger partial charge in [-0.15, -0.1) is 0 Å². The number of nitro groups is 1. The van der Waals surface area contributed by atoms with Crippen molar-refractivity contribution in [3.05, 3.63) is 134 Å². The summed E-state index contributed by atoms with van der Waals surface area (Å²) in [6.07, 6.45) is -9.17. The van der Waals surface area contributed by atoms with Crippen LogP contribution < -0.4 is 24.2 Å². The summed E-state index contributed by atoms with van der Waals surface area (Å²) in [5.41, 5.74) is -1.75. The highest BCUT2D eigenvalue weighted by molar-refractivity contribution is 7.90. The molecule has 28 heteroatoms. The maximum atomic E-state index is 12.6. The van der Waals surface area contributed by atoms with Gasteiger partial charge in [0.15, 0.2) is 6.61 Å². The summed E-state index contributed by atoms with van der Waals surface area (Å²) >= 11 is 11.7. The number of urea groups is 1. The number of sulfonamides is 1. The number of aryl methyl sites for hydroxylation is 2. The minimum absolute atomic E-state index is 0.0715. The van der Waals surface area contributed by atoms with Crippen LogP contribution >= 0.6 is 23.2 Å². The maximum absolute atomic E-state index is 12.6. The molecule has 0 saturated carbocycles. The second-order valence-electron chi connectivity index (χ2n) is 13.1. The Labute approximate surface area is 388 Å². The van der Waals surface area contributed by atoms with Gasteiger partial charge in [-0.2, -0.15) is 41.3 Å². The molecule has 0 atom stereocenters. The van der Waals surface area contributed by atoms with Crippen molar-refractivity contribution in [1.29, 1.82) is 0 Å². The Bertz CT molecular complexity index is 2950. The second kappa shape index (κ2) is 22.7. The lowest BCUT2D eigenvalue weighted by atomic mass is 10.1. The van der Waals surface area contributed by atoms with E-state index in [2.05, 4.69) is 25.3 Å². The number of hydrogen-bond acceptors (Lipinski definition) is 14. The molecule has 2 heterocycles. The second-order valence-corrected chi connectivity index (χ2v) is 15.6. The van der Waals surface area contributed by atoms with Gasteiger partial charge in [0.05, 0.1) is 32.5 Å². The number of methoxy groups -OCH3 is 1. The average molecular weight is 1020 g/mol. The van der Waals surface area contributed by atoms with E-state index in [9.17, 15) is 59.3 Å². The number of amides is 2. The molecule has 0 bridgehead atoms. The van der Waals surface area contributed by atoms with Crippen molar-refractivity contribution >= 4 is 73.7 Å². The normalized spacial score (nSPS) is 11.2. The van der Waals surface area contributed by atoms with E-state index >= 15 is 0 Å². The SMILES string of the molecule is COc1nc(C)nc(NC(=O)NS(=O)(=O)c2ccccc2CCC(F)(F)F)n1.O=C(O)COc1ccc(Cl)c2cccnc12.O=C(O)c1cc(Oc2ccc(C(F)(F)F)cc2Cl)ccc1[N+](=O)[O-]. The number of carboxylic acids is 2. The fraction of sp³-hybridized carbons (Fsp3) is 0.175. The molecule has 19 nitrogen and oxygen atoms in total. The third kappa shape index (κ3) is 15.5. The van der Waals surface area contributed by atoms with Crippen LogP contribution in [0.4, 0.5) is 42.8 Å². The van der Waals surface area contributed by atoms with E-state index in [1.54, 1.807) is 35.2 Å². The number of alkyl halides is 6. The molecule has 2 amide bonds. The number of carboxylic acid groups (broad SMARTS) is 2. The molecule has 0 aliphatic rings. The first kappa shape index (κ1) is 53.0. The van der Waals surface area contributed by atoms with E-state index in [4.69, 9.17) is 47.6 Å². The van der Waals surface area contributed by atoms with E-state index in [1.807, 2.05) is 0 Å². The first-order chi connectivity index (χ1) is 31.8. The predicted octanol–water partition coefficient (Wildman–Crippen LogP) is 9.30. The zero-order valence-corrected chi connectivity index (χ0v) is 36.8. The summed E-state index contributed by atoms with van der Waals surface area (Å²) < 4.78 is 117. The molecule has 0 aliphatic heterocycles. The molecule has 68 heavy (non-hydrogen) atoms. The van der Waals surface area contributed by atoms with Crippen molar-refractivity contribution in [2.75, 3.05) is 19.0 Å². The lowest BCUT2D eigenvalue weighted by Crippen LogP contribution is -2.35. The largest absolute Gasteiger partial charge is 0.480 e. The molecule has 0 unspecified atom stereocenters. The lowest BCUT2D eigenvalue weighted by molar-refractivity contribution is -0.385. The first-order valence-corrected chi connectivity index (χ1v) is 20.7. The van der Waals surface area contributed by atoms with Crippen LogP contribution in [0.25, 0.3) is 10.9 Å². The molecule has 2 aromatic heterocycles. The van der Waals surface area contributed by atoms with Gasteiger partial charge in [0.25, 0.3) is 15.7 Å². The van der Waals surface area contributed by atoms with Crippen molar-refractivity contribution in [2.45, 2.75) is 37.0 Å². The number of carbonyl (C=O) groups excluding carboxylic acids is 1. The molecule has 4 aromatic carbocycles. The van der Waals surface area contributed by atoms with Crippen molar-refractivity contribution < 1.29 is 78.5 Å². The highest BCUT2D eigenvalue weighted by Crippen LogP contribution is 2.37. The van der Waals surface area contributed by atoms with Gasteiger partial charge < -0.3 is 24.4 Å². The Morgan fingerprint density at radius 2 is 1.56 bits per heavy atom. The van der Waals surface area contributed by atoms with Crippen molar-refractivity contribution in [3.8, 4) is 23.3 Å². The first-order valence-electron chi connectivity index (χ1n) is 18.5. The molecule has 0 saturated heterocycles. The summed E-state index contributed by atoms with van der Waals surface area (Å²) in [4.78, 5) is 58.4. The summed E-state index contributed by atoms with van der Waals surface area (Å²) in [5.74, 6) is -2.49. The Balaban J connectivity index is 0.000000230. The molecular formula is C40H31Cl2F6N7O12S. The van der Waals surface area contributed by atoms with Gasteiger partial charge in [0.1, 0.15) is 34.2 Å². The monoisotopic (exact) mass is 1020 g/mol. The van der Waals surface area contributed by atoms with Gasteiger partial charge >= 0.3 is 36.3 Å². The number of fused-ring (bicyclic) bond motifs is 1. The number of pyridine rings is 1. The number of nitrogens with zero attached hydrogens (tertiary/aromatic N) is 5. The summed E-state index contributed by atoms with van der Waals surface area (Å²) in [6, 6.07) is 15.9. The standard InChI is InChI=1S/C15H16F3N5O4S.C14H7ClF3NO5.C11H8ClNO3/c1-9-19-12(22-14(20-9)27-2)21-13(24)23-28(25,26)11-6-4-3-5-10(11)7-8-15(16,17)18;15-10-5-7(14(16,17)18)1-4-12(10)24-8-2-3-11(19(22)23)9(6-8)13(20)21;12-8-3-4-9(16-6-10(14)15)11-7(8)2-1-5-13-11/h3-6H,7-8H2,1-2H3,(H2,19,20,21,22,23,24);1-6H,(H,20,21);1-5H,6H2,(H,14,15). The van der Waals surface area contributed by atoms with Crippen molar-refractivity contribution in [3.63, 3.8) is 0 Å². The number of aliphatic carboxylic acids is 1. The van der Waals surface area contributed by atoms with E-state index in [0.717, 1.165) is 41.8 Å². The number of aromatic carboxylic acids is 1. The van der Waals surface area contributed by atoms with Gasteiger partial charge in [0.2, 0.25) is 5.95 Å². The van der Waals surface area contributed by atoms with E-state index < -0.39 is 86.4 Å². The molecule has 4 N–H and O–H groups in total. The number of benzene rings is 4. The number of nitrogens with one attached hydrogen (secondary N) is 2. The number of carbonyl (C=O) groups is 3.